The van der Waals surface area contributed by atoms with Crippen LogP contribution in [0.1, 0.15) is 174 Å². The van der Waals surface area contributed by atoms with Crippen LogP contribution in [0.15, 0.2) is 36.5 Å². The van der Waals surface area contributed by atoms with Gasteiger partial charge in [-0.2, -0.15) is 0 Å². The number of carbonyl (C=O) groups excluding carboxylic acids is 1. The zero-order chi connectivity index (χ0) is 41.2. The number of rotatable bonds is 36. The summed E-state index contributed by atoms with van der Waals surface area (Å²) in [5.41, 5.74) is 0. The van der Waals surface area contributed by atoms with Crippen LogP contribution in [0.5, 0.6) is 0 Å². The molecule has 1 heterocycles. The first-order chi connectivity index (χ1) is 27.2. The first-order valence-electron chi connectivity index (χ1n) is 22.4. The molecule has 0 spiro atoms. The lowest BCUT2D eigenvalue weighted by atomic mass is 9.98. The molecule has 56 heavy (non-hydrogen) atoms. The van der Waals surface area contributed by atoms with Crippen molar-refractivity contribution in [3.63, 3.8) is 0 Å². The largest absolute Gasteiger partial charge is 0.394 e. The molecular formula is C45H83NO10. The molecule has 0 bridgehead atoms. The summed E-state index contributed by atoms with van der Waals surface area (Å²) < 4.78 is 11.0. The van der Waals surface area contributed by atoms with Gasteiger partial charge >= 0.3 is 0 Å². The van der Waals surface area contributed by atoms with E-state index in [4.69, 9.17) is 9.47 Å². The second-order valence-corrected chi connectivity index (χ2v) is 15.7. The van der Waals surface area contributed by atoms with E-state index < -0.39 is 74.2 Å². The second-order valence-electron chi connectivity index (χ2n) is 15.7. The number of hydrogen-bond acceptors (Lipinski definition) is 10. The van der Waals surface area contributed by atoms with Gasteiger partial charge in [0.1, 0.15) is 36.6 Å². The molecule has 9 unspecified atom stereocenters. The molecule has 8 N–H and O–H groups in total. The van der Waals surface area contributed by atoms with Crippen molar-refractivity contribution in [2.45, 2.75) is 229 Å². The van der Waals surface area contributed by atoms with Gasteiger partial charge in [-0.15, -0.1) is 0 Å². The molecule has 0 aliphatic carbocycles. The van der Waals surface area contributed by atoms with E-state index in [1.54, 1.807) is 0 Å². The van der Waals surface area contributed by atoms with Crippen molar-refractivity contribution in [3.8, 4) is 0 Å². The Bertz CT molecular complexity index is 1010. The zero-order valence-electron chi connectivity index (χ0n) is 35.1. The van der Waals surface area contributed by atoms with Gasteiger partial charge in [0.25, 0.3) is 0 Å². The molecular weight excluding hydrogens is 714 g/mol. The van der Waals surface area contributed by atoms with Gasteiger partial charge in [-0.25, -0.2) is 0 Å². The van der Waals surface area contributed by atoms with Gasteiger partial charge < -0.3 is 50.5 Å². The van der Waals surface area contributed by atoms with E-state index in [-0.39, 0.29) is 12.8 Å². The minimum atomic E-state index is -1.67. The average Bonchev–Trinajstić information content (AvgIpc) is 3.20. The Kier molecular flexibility index (Phi) is 33.0. The molecule has 1 aliphatic heterocycles. The third kappa shape index (κ3) is 25.0. The van der Waals surface area contributed by atoms with Crippen LogP contribution < -0.4 is 5.32 Å². The molecule has 0 saturated carbocycles. The van der Waals surface area contributed by atoms with Crippen LogP contribution >= 0.6 is 0 Å². The summed E-state index contributed by atoms with van der Waals surface area (Å²) in [6, 6.07) is -1.19. The van der Waals surface area contributed by atoms with Gasteiger partial charge in [0.2, 0.25) is 5.91 Å². The van der Waals surface area contributed by atoms with Crippen LogP contribution in [0.25, 0.3) is 0 Å². The summed E-state index contributed by atoms with van der Waals surface area (Å²) in [7, 11) is 0. The summed E-state index contributed by atoms with van der Waals surface area (Å²) in [6.07, 6.45) is 27.6. The number of carbonyl (C=O) groups is 1. The molecule has 11 nitrogen and oxygen atoms in total. The lowest BCUT2D eigenvalue weighted by Crippen LogP contribution is -2.60. The van der Waals surface area contributed by atoms with Crippen molar-refractivity contribution < 1.29 is 50.0 Å². The first-order valence-corrected chi connectivity index (χ1v) is 22.4. The van der Waals surface area contributed by atoms with Crippen LogP contribution in [-0.4, -0.2) is 110 Å². The monoisotopic (exact) mass is 798 g/mol. The van der Waals surface area contributed by atoms with Crippen LogP contribution in [0, 0.1) is 0 Å². The lowest BCUT2D eigenvalue weighted by Gasteiger charge is -2.40. The Morgan fingerprint density at radius 1 is 0.607 bits per heavy atom. The highest BCUT2D eigenvalue weighted by molar-refractivity contribution is 5.80. The van der Waals surface area contributed by atoms with Crippen LogP contribution in [0.4, 0.5) is 0 Å². The maximum Gasteiger partial charge on any atom is 0.249 e. The molecule has 1 aliphatic rings. The number of unbranched alkanes of at least 4 members (excludes halogenated alkanes) is 18. The summed E-state index contributed by atoms with van der Waals surface area (Å²) in [5, 5.41) is 75.5. The molecule has 1 amide bonds. The van der Waals surface area contributed by atoms with Crippen molar-refractivity contribution in [3.05, 3.63) is 36.5 Å². The number of hydrogen-bond donors (Lipinski definition) is 8. The van der Waals surface area contributed by atoms with E-state index in [0.29, 0.717) is 19.3 Å². The number of allylic oxidation sites excluding steroid dienone is 6. The van der Waals surface area contributed by atoms with Gasteiger partial charge in [-0.3, -0.25) is 4.79 Å². The SMILES string of the molecule is CCCCCC/C=C\CCCCCCCCC(O)C(=O)NC(COC1OC(CO)C(O)C(O)C1O)C(O)C(O)CCC/C=C/CC/C=C/CCCCCCCC. The van der Waals surface area contributed by atoms with E-state index in [2.05, 4.69) is 55.6 Å². The van der Waals surface area contributed by atoms with E-state index in [1.807, 2.05) is 0 Å². The van der Waals surface area contributed by atoms with Gasteiger partial charge in [-0.05, 0) is 77.0 Å². The van der Waals surface area contributed by atoms with Gasteiger partial charge in [0.15, 0.2) is 6.29 Å². The smallest absolute Gasteiger partial charge is 0.249 e. The lowest BCUT2D eigenvalue weighted by molar-refractivity contribution is -0.303. The van der Waals surface area contributed by atoms with Crippen molar-refractivity contribution in [1.29, 1.82) is 0 Å². The Labute approximate surface area is 339 Å². The van der Waals surface area contributed by atoms with Crippen molar-refractivity contribution in [1.82, 2.24) is 5.32 Å². The molecule has 1 rings (SSSR count). The molecule has 1 saturated heterocycles. The predicted molar refractivity (Wildman–Crippen MR) is 224 cm³/mol. The van der Waals surface area contributed by atoms with Crippen LogP contribution in [0.2, 0.25) is 0 Å². The minimum absolute atomic E-state index is 0.243. The molecule has 0 aromatic rings. The summed E-state index contributed by atoms with van der Waals surface area (Å²) in [5.74, 6) is -0.718. The Morgan fingerprint density at radius 3 is 1.61 bits per heavy atom. The molecule has 9 atom stereocenters. The highest BCUT2D eigenvalue weighted by Crippen LogP contribution is 2.23. The summed E-state index contributed by atoms with van der Waals surface area (Å²) >= 11 is 0. The molecule has 0 aromatic carbocycles. The molecule has 328 valence electrons. The summed E-state index contributed by atoms with van der Waals surface area (Å²) in [4.78, 5) is 13.0. The Balaban J connectivity index is 2.53. The quantitative estimate of drug-likeness (QED) is 0.0247. The van der Waals surface area contributed by atoms with E-state index >= 15 is 0 Å². The fourth-order valence-electron chi connectivity index (χ4n) is 6.86. The molecule has 0 aromatic heterocycles. The van der Waals surface area contributed by atoms with Gasteiger partial charge in [-0.1, -0.05) is 134 Å². The Morgan fingerprint density at radius 2 is 1.07 bits per heavy atom. The van der Waals surface area contributed by atoms with Crippen molar-refractivity contribution >= 4 is 5.91 Å². The highest BCUT2D eigenvalue weighted by Gasteiger charge is 2.44. The second kappa shape index (κ2) is 35.3. The third-order valence-electron chi connectivity index (χ3n) is 10.6. The number of amides is 1. The maximum atomic E-state index is 13.0. The zero-order valence-corrected chi connectivity index (χ0v) is 35.1. The number of ether oxygens (including phenoxy) is 2. The number of aliphatic hydroxyl groups excluding tert-OH is 7. The predicted octanol–water partition coefficient (Wildman–Crippen LogP) is 6.83. The van der Waals surface area contributed by atoms with Gasteiger partial charge in [0, 0.05) is 0 Å². The minimum Gasteiger partial charge on any atom is -0.394 e. The number of nitrogens with one attached hydrogen (secondary N) is 1. The fourth-order valence-corrected chi connectivity index (χ4v) is 6.86. The third-order valence-corrected chi connectivity index (χ3v) is 10.6. The Hall–Kier alpha value is -1.67. The molecule has 11 heteroatoms. The van der Waals surface area contributed by atoms with Crippen molar-refractivity contribution in [2.24, 2.45) is 0 Å². The van der Waals surface area contributed by atoms with E-state index in [0.717, 1.165) is 64.2 Å². The maximum absolute atomic E-state index is 13.0. The standard InChI is InChI=1S/C45H83NO10/c1-3-5-7-9-11-13-15-17-19-21-22-24-26-28-30-32-37(48)40(50)36(35-55-45-43(53)42(52)41(51)39(34-47)56-45)46-44(54)38(49)33-31-29-27-25-23-20-18-16-14-12-10-8-6-4-2/h14,16-17,19,24,26,36-43,45,47-53H,3-13,15,18,20-23,25,27-35H2,1-2H3,(H,46,54)/b16-14-,19-17+,26-24+. The molecule has 0 radical (unpaired) electrons. The van der Waals surface area contributed by atoms with E-state index in [1.165, 1.54) is 64.2 Å². The van der Waals surface area contributed by atoms with Crippen molar-refractivity contribution in [2.75, 3.05) is 13.2 Å². The average molecular weight is 798 g/mol. The summed E-state index contributed by atoms with van der Waals surface area (Å²) in [6.45, 7) is 3.37. The topological polar surface area (TPSA) is 189 Å². The normalized spacial score (nSPS) is 22.6. The highest BCUT2D eigenvalue weighted by atomic mass is 16.7. The van der Waals surface area contributed by atoms with Crippen LogP contribution in [0.3, 0.4) is 0 Å². The molecule has 1 fully saturated rings. The number of aliphatic hydroxyl groups is 7. The first kappa shape index (κ1) is 52.3. The fraction of sp³-hybridized carbons (Fsp3) is 0.844. The van der Waals surface area contributed by atoms with E-state index in [9.17, 15) is 40.5 Å². The van der Waals surface area contributed by atoms with Gasteiger partial charge in [0.05, 0.1) is 25.4 Å². The van der Waals surface area contributed by atoms with Crippen LogP contribution in [-0.2, 0) is 14.3 Å².